The smallest absolute Gasteiger partial charge is 0.339 e. The summed E-state index contributed by atoms with van der Waals surface area (Å²) in [5.41, 5.74) is 2.03. The predicted molar refractivity (Wildman–Crippen MR) is 97.5 cm³/mol. The fourth-order valence-corrected chi connectivity index (χ4v) is 2.84. The van der Waals surface area contributed by atoms with Crippen molar-refractivity contribution in [3.8, 4) is 5.75 Å². The second-order valence-corrected chi connectivity index (χ2v) is 5.94. The minimum absolute atomic E-state index is 0.0654. The molecule has 2 N–H and O–H groups in total. The lowest BCUT2D eigenvalue weighted by Gasteiger charge is -2.13. The van der Waals surface area contributed by atoms with Crippen molar-refractivity contribution in [3.05, 3.63) is 59.9 Å². The zero-order valence-electron chi connectivity index (χ0n) is 14.9. The molecule has 3 heterocycles. The maximum absolute atomic E-state index is 11.3. The average molecular weight is 383 g/mol. The number of nitrogens with zero attached hydrogens (tertiary/aromatic N) is 2. The molecule has 0 amide bonds. The first-order chi connectivity index (χ1) is 13.7. The Bertz CT molecular complexity index is 1050. The van der Waals surface area contributed by atoms with Gasteiger partial charge in [0.25, 0.3) is 6.29 Å². The Labute approximate surface area is 159 Å². The Hall–Kier alpha value is -3.59. The van der Waals surface area contributed by atoms with Crippen LogP contribution in [0.15, 0.2) is 43.1 Å². The zero-order chi connectivity index (χ0) is 19.5. The molecular weight excluding hydrogens is 366 g/mol. The molecule has 1 unspecified atom stereocenters. The summed E-state index contributed by atoms with van der Waals surface area (Å²) in [5, 5.41) is 9.25. The number of ether oxygens (including phenoxy) is 4. The summed E-state index contributed by atoms with van der Waals surface area (Å²) in [7, 11) is 1.61. The number of carbonyl (C=O) groups is 1. The zero-order valence-corrected chi connectivity index (χ0v) is 14.9. The fraction of sp³-hybridized carbons (Fsp3) is 0.211. The summed E-state index contributed by atoms with van der Waals surface area (Å²) in [6.45, 7) is 0.929. The van der Waals surface area contributed by atoms with Crippen LogP contribution in [-0.4, -0.2) is 46.4 Å². The molecular formula is C19H17N3O6. The number of methoxy groups -OCH3 is 1. The largest absolute Gasteiger partial charge is 0.491 e. The Kier molecular flexibility index (Phi) is 4.81. The summed E-state index contributed by atoms with van der Waals surface area (Å²) in [4.78, 5) is 22.4. The quantitative estimate of drug-likeness (QED) is 0.598. The van der Waals surface area contributed by atoms with Crippen molar-refractivity contribution in [2.75, 3.05) is 20.3 Å². The van der Waals surface area contributed by atoms with E-state index in [9.17, 15) is 9.90 Å². The topological polar surface area (TPSA) is 116 Å². The minimum atomic E-state index is -1.07. The number of aromatic nitrogens is 3. The van der Waals surface area contributed by atoms with E-state index in [0.29, 0.717) is 41.4 Å². The summed E-state index contributed by atoms with van der Waals surface area (Å²) < 4.78 is 22.1. The number of hydrogen-bond acceptors (Lipinski definition) is 7. The van der Waals surface area contributed by atoms with Gasteiger partial charge in [-0.3, -0.25) is 0 Å². The number of fused-ring (bicyclic) bond motifs is 1. The Morgan fingerprint density at radius 1 is 1.32 bits per heavy atom. The molecule has 9 heteroatoms. The summed E-state index contributed by atoms with van der Waals surface area (Å²) in [6.07, 6.45) is 3.45. The van der Waals surface area contributed by atoms with Gasteiger partial charge in [-0.15, -0.1) is 0 Å². The third-order valence-electron chi connectivity index (χ3n) is 4.15. The van der Waals surface area contributed by atoms with Crippen LogP contribution in [-0.2, 0) is 14.2 Å². The van der Waals surface area contributed by atoms with Crippen molar-refractivity contribution in [2.45, 2.75) is 6.29 Å². The first-order valence-electron chi connectivity index (χ1n) is 8.47. The molecule has 144 valence electrons. The molecule has 4 rings (SSSR count). The van der Waals surface area contributed by atoms with Gasteiger partial charge in [0.15, 0.2) is 5.76 Å². The highest BCUT2D eigenvalue weighted by molar-refractivity contribution is 6.03. The molecule has 3 aromatic rings. The average Bonchev–Trinajstić information content (AvgIpc) is 3.36. The van der Waals surface area contributed by atoms with Crippen LogP contribution in [0.2, 0.25) is 0 Å². The lowest BCUT2D eigenvalue weighted by molar-refractivity contribution is -0.0173. The number of benzene rings is 1. The number of aromatic amines is 1. The molecule has 0 saturated carbocycles. The molecule has 1 aromatic carbocycles. The molecule has 2 aromatic heterocycles. The first kappa shape index (κ1) is 17.8. The number of H-pyrrole nitrogens is 1. The van der Waals surface area contributed by atoms with E-state index in [2.05, 4.69) is 15.0 Å². The Morgan fingerprint density at radius 2 is 2.21 bits per heavy atom. The van der Waals surface area contributed by atoms with Crippen LogP contribution in [0, 0.1) is 0 Å². The highest BCUT2D eigenvalue weighted by Gasteiger charge is 2.26. The Balaban J connectivity index is 1.54. The summed E-state index contributed by atoms with van der Waals surface area (Å²) in [5.74, 6) is -0.0198. The molecule has 28 heavy (non-hydrogen) atoms. The predicted octanol–water partition coefficient (Wildman–Crippen LogP) is 2.73. The van der Waals surface area contributed by atoms with Crippen LogP contribution in [0.3, 0.4) is 0 Å². The van der Waals surface area contributed by atoms with Gasteiger partial charge in [0, 0.05) is 18.9 Å². The second kappa shape index (κ2) is 7.57. The van der Waals surface area contributed by atoms with Gasteiger partial charge in [-0.05, 0) is 12.1 Å². The van der Waals surface area contributed by atoms with E-state index in [-0.39, 0.29) is 5.56 Å². The van der Waals surface area contributed by atoms with Crippen molar-refractivity contribution in [1.29, 1.82) is 0 Å². The molecule has 1 aliphatic heterocycles. The lowest BCUT2D eigenvalue weighted by atomic mass is 10.2. The molecule has 0 fully saturated rings. The van der Waals surface area contributed by atoms with Crippen molar-refractivity contribution < 1.29 is 28.8 Å². The van der Waals surface area contributed by atoms with Crippen molar-refractivity contribution in [1.82, 2.24) is 15.0 Å². The molecule has 0 spiro atoms. The van der Waals surface area contributed by atoms with Crippen LogP contribution in [0.25, 0.3) is 16.8 Å². The number of hydrogen-bond donors (Lipinski definition) is 2. The normalized spacial score (nSPS) is 15.8. The van der Waals surface area contributed by atoms with Gasteiger partial charge >= 0.3 is 5.97 Å². The monoisotopic (exact) mass is 383 g/mol. The highest BCUT2D eigenvalue weighted by atomic mass is 16.7. The number of rotatable bonds is 7. The molecule has 0 aliphatic carbocycles. The van der Waals surface area contributed by atoms with Crippen molar-refractivity contribution >= 4 is 22.8 Å². The fourth-order valence-electron chi connectivity index (χ4n) is 2.84. The van der Waals surface area contributed by atoms with E-state index >= 15 is 0 Å². The number of aromatic carboxylic acids is 1. The molecule has 1 atom stereocenters. The van der Waals surface area contributed by atoms with Gasteiger partial charge in [-0.25, -0.2) is 14.8 Å². The SMILES string of the molecule is COCCOc1cccc(C2OC=C(c3ncnc4c(C(=O)O)c[nH]c34)O2)c1. The second-order valence-electron chi connectivity index (χ2n) is 5.94. The van der Waals surface area contributed by atoms with E-state index in [0.717, 1.165) is 5.56 Å². The maximum atomic E-state index is 11.3. The lowest BCUT2D eigenvalue weighted by Crippen LogP contribution is -2.05. The van der Waals surface area contributed by atoms with Gasteiger partial charge in [0.1, 0.15) is 41.7 Å². The number of carboxylic acid groups (broad SMARTS) is 1. The standard InChI is InChI=1S/C19H17N3O6/c1-25-5-6-26-12-4-2-3-11(7-12)19-27-9-14(28-19)16-17-15(21-10-22-16)13(8-20-17)18(23)24/h2-4,7-10,19-20H,5-6H2,1H3,(H,23,24). The van der Waals surface area contributed by atoms with Crippen LogP contribution in [0.4, 0.5) is 0 Å². The number of nitrogens with one attached hydrogen (secondary N) is 1. The maximum Gasteiger partial charge on any atom is 0.339 e. The van der Waals surface area contributed by atoms with E-state index < -0.39 is 12.3 Å². The van der Waals surface area contributed by atoms with Gasteiger partial charge in [-0.2, -0.15) is 0 Å². The highest BCUT2D eigenvalue weighted by Crippen LogP contribution is 2.36. The van der Waals surface area contributed by atoms with Crippen molar-refractivity contribution in [3.63, 3.8) is 0 Å². The van der Waals surface area contributed by atoms with Gasteiger partial charge in [0.05, 0.1) is 12.1 Å². The summed E-state index contributed by atoms with van der Waals surface area (Å²) in [6, 6.07) is 7.36. The third kappa shape index (κ3) is 3.35. The Morgan fingerprint density at radius 3 is 3.04 bits per heavy atom. The number of carboxylic acids is 1. The summed E-state index contributed by atoms with van der Waals surface area (Å²) >= 11 is 0. The van der Waals surface area contributed by atoms with Crippen LogP contribution in [0.1, 0.15) is 27.9 Å². The third-order valence-corrected chi connectivity index (χ3v) is 4.15. The van der Waals surface area contributed by atoms with E-state index in [1.807, 2.05) is 24.3 Å². The van der Waals surface area contributed by atoms with Gasteiger partial charge < -0.3 is 29.0 Å². The van der Waals surface area contributed by atoms with Gasteiger partial charge in [0.2, 0.25) is 0 Å². The molecule has 0 bridgehead atoms. The first-order valence-corrected chi connectivity index (χ1v) is 8.47. The van der Waals surface area contributed by atoms with Gasteiger partial charge in [-0.1, -0.05) is 12.1 Å². The minimum Gasteiger partial charge on any atom is -0.491 e. The van der Waals surface area contributed by atoms with Crippen molar-refractivity contribution in [2.24, 2.45) is 0 Å². The van der Waals surface area contributed by atoms with E-state index in [1.54, 1.807) is 7.11 Å². The molecule has 9 nitrogen and oxygen atoms in total. The van der Waals surface area contributed by atoms with E-state index in [4.69, 9.17) is 18.9 Å². The molecule has 1 aliphatic rings. The van der Waals surface area contributed by atoms with Crippen LogP contribution in [0.5, 0.6) is 5.75 Å². The van der Waals surface area contributed by atoms with E-state index in [1.165, 1.54) is 18.8 Å². The van der Waals surface area contributed by atoms with Crippen LogP contribution >= 0.6 is 0 Å². The van der Waals surface area contributed by atoms with Crippen LogP contribution < -0.4 is 4.74 Å². The molecule has 0 saturated heterocycles. The molecule has 0 radical (unpaired) electrons.